The third-order valence-corrected chi connectivity index (χ3v) is 7.25. The monoisotopic (exact) mass is 414 g/mol. The summed E-state index contributed by atoms with van der Waals surface area (Å²) in [6.07, 6.45) is 10.6. The Bertz CT molecular complexity index is 916. The van der Waals surface area contributed by atoms with E-state index in [0.717, 1.165) is 37.0 Å². The highest BCUT2D eigenvalue weighted by atomic mass is 15.1. The summed E-state index contributed by atoms with van der Waals surface area (Å²) in [5.74, 6) is 2.19. The largest absolute Gasteiger partial charge is 0.402 e. The number of nitrogens with zero attached hydrogens (tertiary/aromatic N) is 1. The third-order valence-electron chi connectivity index (χ3n) is 7.25. The van der Waals surface area contributed by atoms with Crippen molar-refractivity contribution in [1.82, 2.24) is 0 Å². The first kappa shape index (κ1) is 21.7. The molecule has 2 heteroatoms. The SMILES string of the molecule is C=Cc1ccc(C)cc1N1CCC(CCc2cccc(C(CC(=C)N)C3CC3)c2)CC1. The van der Waals surface area contributed by atoms with Gasteiger partial charge in [-0.3, -0.25) is 0 Å². The quantitative estimate of drug-likeness (QED) is 0.486. The Hall–Kier alpha value is -2.48. The van der Waals surface area contributed by atoms with Crippen molar-refractivity contribution < 1.29 is 0 Å². The van der Waals surface area contributed by atoms with Crippen LogP contribution in [-0.2, 0) is 6.42 Å². The highest BCUT2D eigenvalue weighted by Crippen LogP contribution is 2.45. The molecule has 2 nitrogen and oxygen atoms in total. The highest BCUT2D eigenvalue weighted by molar-refractivity contribution is 5.67. The fourth-order valence-electron chi connectivity index (χ4n) is 5.25. The van der Waals surface area contributed by atoms with Crippen LogP contribution in [0.25, 0.3) is 6.08 Å². The first-order valence-corrected chi connectivity index (χ1v) is 12.0. The van der Waals surface area contributed by atoms with E-state index in [1.165, 1.54) is 66.5 Å². The molecule has 1 unspecified atom stereocenters. The van der Waals surface area contributed by atoms with E-state index in [4.69, 9.17) is 5.73 Å². The number of hydrogen-bond acceptors (Lipinski definition) is 2. The van der Waals surface area contributed by atoms with Crippen LogP contribution in [0.5, 0.6) is 0 Å². The Labute approximate surface area is 188 Å². The van der Waals surface area contributed by atoms with Crippen LogP contribution in [0.4, 0.5) is 5.69 Å². The van der Waals surface area contributed by atoms with E-state index >= 15 is 0 Å². The minimum Gasteiger partial charge on any atom is -0.402 e. The summed E-state index contributed by atoms with van der Waals surface area (Å²) < 4.78 is 0. The zero-order valence-electron chi connectivity index (χ0n) is 19.2. The average Bonchev–Trinajstić information content (AvgIpc) is 3.62. The van der Waals surface area contributed by atoms with Crippen LogP contribution in [0.2, 0.25) is 0 Å². The summed E-state index contributed by atoms with van der Waals surface area (Å²) in [6, 6.07) is 16.0. The highest BCUT2D eigenvalue weighted by Gasteiger charge is 2.32. The zero-order valence-corrected chi connectivity index (χ0v) is 19.2. The molecule has 164 valence electrons. The summed E-state index contributed by atoms with van der Waals surface area (Å²) in [5.41, 5.74) is 13.7. The lowest BCUT2D eigenvalue weighted by Gasteiger charge is -2.35. The van der Waals surface area contributed by atoms with Gasteiger partial charge in [0.25, 0.3) is 0 Å². The van der Waals surface area contributed by atoms with Crippen molar-refractivity contribution in [2.75, 3.05) is 18.0 Å². The van der Waals surface area contributed by atoms with Gasteiger partial charge >= 0.3 is 0 Å². The van der Waals surface area contributed by atoms with Crippen molar-refractivity contribution in [3.63, 3.8) is 0 Å². The summed E-state index contributed by atoms with van der Waals surface area (Å²) in [7, 11) is 0. The average molecular weight is 415 g/mol. The molecule has 2 N–H and O–H groups in total. The third kappa shape index (κ3) is 5.61. The van der Waals surface area contributed by atoms with Crippen molar-refractivity contribution in [2.24, 2.45) is 17.6 Å². The molecule has 2 aromatic carbocycles. The van der Waals surface area contributed by atoms with Crippen LogP contribution in [-0.4, -0.2) is 13.1 Å². The number of allylic oxidation sites excluding steroid dienone is 1. The van der Waals surface area contributed by atoms with Crippen molar-refractivity contribution in [2.45, 2.75) is 57.8 Å². The van der Waals surface area contributed by atoms with Crippen LogP contribution in [0.3, 0.4) is 0 Å². The lowest BCUT2D eigenvalue weighted by Crippen LogP contribution is -2.34. The number of benzene rings is 2. The van der Waals surface area contributed by atoms with Gasteiger partial charge in [0.1, 0.15) is 0 Å². The normalized spacial score (nSPS) is 18.0. The molecule has 1 aliphatic carbocycles. The van der Waals surface area contributed by atoms with Crippen molar-refractivity contribution >= 4 is 11.8 Å². The zero-order chi connectivity index (χ0) is 21.8. The lowest BCUT2D eigenvalue weighted by atomic mass is 9.87. The number of hydrogen-bond donors (Lipinski definition) is 1. The molecule has 0 amide bonds. The Morgan fingerprint density at radius 2 is 1.90 bits per heavy atom. The fraction of sp³-hybridized carbons (Fsp3) is 0.448. The fourth-order valence-corrected chi connectivity index (χ4v) is 5.25. The molecule has 0 spiro atoms. The minimum atomic E-state index is 0.564. The van der Waals surface area contributed by atoms with Gasteiger partial charge < -0.3 is 10.6 Å². The van der Waals surface area contributed by atoms with E-state index in [1.54, 1.807) is 0 Å². The molecular formula is C29H38N2. The molecule has 2 aromatic rings. The number of nitrogens with two attached hydrogens (primary N) is 1. The summed E-state index contributed by atoms with van der Waals surface area (Å²) in [6.45, 7) is 12.4. The first-order chi connectivity index (χ1) is 15.0. The Morgan fingerprint density at radius 1 is 1.13 bits per heavy atom. The van der Waals surface area contributed by atoms with Gasteiger partial charge in [0.2, 0.25) is 0 Å². The second kappa shape index (κ2) is 9.77. The lowest BCUT2D eigenvalue weighted by molar-refractivity contribution is 0.382. The predicted molar refractivity (Wildman–Crippen MR) is 134 cm³/mol. The van der Waals surface area contributed by atoms with Crippen LogP contribution in [0.15, 0.2) is 61.3 Å². The molecule has 0 aromatic heterocycles. The molecule has 1 heterocycles. The molecule has 0 bridgehead atoms. The first-order valence-electron chi connectivity index (χ1n) is 12.0. The van der Waals surface area contributed by atoms with Crippen LogP contribution in [0.1, 0.15) is 66.7 Å². The predicted octanol–water partition coefficient (Wildman–Crippen LogP) is 6.84. The van der Waals surface area contributed by atoms with E-state index in [1.807, 2.05) is 6.08 Å². The number of anilines is 1. The molecule has 1 saturated heterocycles. The molecule has 31 heavy (non-hydrogen) atoms. The Balaban J connectivity index is 1.32. The van der Waals surface area contributed by atoms with Crippen LogP contribution >= 0.6 is 0 Å². The second-order valence-corrected chi connectivity index (χ2v) is 9.79. The van der Waals surface area contributed by atoms with Crippen LogP contribution in [0, 0.1) is 18.8 Å². The summed E-state index contributed by atoms with van der Waals surface area (Å²) in [5, 5.41) is 0. The standard InChI is InChI=1S/C29H38N2/c1-4-25-11-8-21(2)18-29(25)31-16-14-23(15-17-31)9-10-24-6-5-7-27(20-24)28(19-22(3)30)26-12-13-26/h4-8,11,18,20,23,26,28H,1,3,9-10,12-17,19,30H2,2H3. The minimum absolute atomic E-state index is 0.564. The van der Waals surface area contributed by atoms with Crippen molar-refractivity contribution in [3.05, 3.63) is 83.6 Å². The molecule has 2 aliphatic rings. The summed E-state index contributed by atoms with van der Waals surface area (Å²) >= 11 is 0. The van der Waals surface area contributed by atoms with Gasteiger partial charge in [0.05, 0.1) is 0 Å². The smallest absolute Gasteiger partial charge is 0.0442 e. The van der Waals surface area contributed by atoms with Crippen LogP contribution < -0.4 is 10.6 Å². The van der Waals surface area contributed by atoms with E-state index in [0.29, 0.717) is 5.92 Å². The molecule has 2 fully saturated rings. The Morgan fingerprint density at radius 3 is 2.58 bits per heavy atom. The molecule has 1 aliphatic heterocycles. The van der Waals surface area contributed by atoms with E-state index in [9.17, 15) is 0 Å². The maximum Gasteiger partial charge on any atom is 0.0442 e. The molecule has 4 rings (SSSR count). The molecular weight excluding hydrogens is 376 g/mol. The molecule has 0 radical (unpaired) electrons. The van der Waals surface area contributed by atoms with Gasteiger partial charge in [-0.25, -0.2) is 0 Å². The van der Waals surface area contributed by atoms with Gasteiger partial charge in [-0.15, -0.1) is 0 Å². The number of aryl methyl sites for hydroxylation is 2. The van der Waals surface area contributed by atoms with Gasteiger partial charge in [-0.05, 0) is 97.9 Å². The molecule has 1 atom stereocenters. The topological polar surface area (TPSA) is 29.3 Å². The van der Waals surface area contributed by atoms with Gasteiger partial charge in [-0.2, -0.15) is 0 Å². The molecule has 1 saturated carbocycles. The van der Waals surface area contributed by atoms with E-state index < -0.39 is 0 Å². The Kier molecular flexibility index (Phi) is 6.85. The van der Waals surface area contributed by atoms with E-state index in [-0.39, 0.29) is 0 Å². The van der Waals surface area contributed by atoms with Gasteiger partial charge in [0.15, 0.2) is 0 Å². The number of rotatable bonds is 9. The second-order valence-electron chi connectivity index (χ2n) is 9.79. The van der Waals surface area contributed by atoms with Gasteiger partial charge in [-0.1, -0.05) is 55.6 Å². The van der Waals surface area contributed by atoms with Crippen molar-refractivity contribution in [1.29, 1.82) is 0 Å². The maximum atomic E-state index is 5.97. The van der Waals surface area contributed by atoms with Crippen molar-refractivity contribution in [3.8, 4) is 0 Å². The maximum absolute atomic E-state index is 5.97. The van der Waals surface area contributed by atoms with E-state index in [2.05, 4.69) is 67.4 Å². The summed E-state index contributed by atoms with van der Waals surface area (Å²) in [4.78, 5) is 2.56. The number of piperidine rings is 1. The van der Waals surface area contributed by atoms with Gasteiger partial charge in [0, 0.05) is 24.5 Å².